The van der Waals surface area contributed by atoms with E-state index >= 15 is 0 Å². The Labute approximate surface area is 148 Å². The standard InChI is InChI=1S/C18H15ClFN3O2/c1-11-7-13(10-15(20)8-11)18(24)21-6-5-16-22-17(23-25-16)12-3-2-4-14(19)9-12/h2-4,7-10H,5-6H2,1H3,(H,21,24). The molecule has 0 aliphatic carbocycles. The number of benzene rings is 2. The molecule has 2 aromatic carbocycles. The monoisotopic (exact) mass is 359 g/mol. The fourth-order valence-corrected chi connectivity index (χ4v) is 2.54. The van der Waals surface area contributed by atoms with Crippen LogP contribution in [0.15, 0.2) is 47.0 Å². The van der Waals surface area contributed by atoms with E-state index in [9.17, 15) is 9.18 Å². The highest BCUT2D eigenvalue weighted by Gasteiger charge is 2.11. The SMILES string of the molecule is Cc1cc(F)cc(C(=O)NCCc2nc(-c3cccc(Cl)c3)no2)c1. The van der Waals surface area contributed by atoms with Gasteiger partial charge in [-0.3, -0.25) is 4.79 Å². The maximum absolute atomic E-state index is 13.3. The molecule has 7 heteroatoms. The topological polar surface area (TPSA) is 68.0 Å². The predicted octanol–water partition coefficient (Wildman–Crippen LogP) is 3.81. The molecular formula is C18H15ClFN3O2. The highest BCUT2D eigenvalue weighted by molar-refractivity contribution is 6.30. The van der Waals surface area contributed by atoms with Crippen LogP contribution in [0.5, 0.6) is 0 Å². The van der Waals surface area contributed by atoms with E-state index in [-0.39, 0.29) is 11.5 Å². The Bertz CT molecular complexity index is 891. The molecule has 1 aromatic heterocycles. The first-order valence-corrected chi connectivity index (χ1v) is 8.03. The minimum atomic E-state index is -0.437. The van der Waals surface area contributed by atoms with Crippen molar-refractivity contribution in [3.8, 4) is 11.4 Å². The van der Waals surface area contributed by atoms with Crippen LogP contribution < -0.4 is 5.32 Å². The number of hydrogen-bond donors (Lipinski definition) is 1. The lowest BCUT2D eigenvalue weighted by molar-refractivity contribution is 0.0953. The first-order chi connectivity index (χ1) is 12.0. The zero-order valence-corrected chi connectivity index (χ0v) is 14.2. The summed E-state index contributed by atoms with van der Waals surface area (Å²) in [5, 5.41) is 7.19. The normalized spacial score (nSPS) is 10.7. The van der Waals surface area contributed by atoms with Crippen molar-refractivity contribution in [3.05, 3.63) is 70.3 Å². The second-order valence-electron chi connectivity index (χ2n) is 5.55. The summed E-state index contributed by atoms with van der Waals surface area (Å²) in [6.45, 7) is 2.03. The molecule has 0 aliphatic rings. The quantitative estimate of drug-likeness (QED) is 0.752. The van der Waals surface area contributed by atoms with Gasteiger partial charge in [0.1, 0.15) is 5.82 Å². The van der Waals surface area contributed by atoms with Gasteiger partial charge in [0, 0.05) is 29.1 Å². The zero-order chi connectivity index (χ0) is 17.8. The smallest absolute Gasteiger partial charge is 0.251 e. The van der Waals surface area contributed by atoms with Gasteiger partial charge in [-0.05, 0) is 42.8 Å². The van der Waals surface area contributed by atoms with Gasteiger partial charge in [-0.15, -0.1) is 0 Å². The van der Waals surface area contributed by atoms with E-state index in [2.05, 4.69) is 15.5 Å². The lowest BCUT2D eigenvalue weighted by atomic mass is 10.1. The van der Waals surface area contributed by atoms with Gasteiger partial charge >= 0.3 is 0 Å². The van der Waals surface area contributed by atoms with E-state index in [1.807, 2.05) is 6.07 Å². The highest BCUT2D eigenvalue weighted by atomic mass is 35.5. The zero-order valence-electron chi connectivity index (χ0n) is 13.4. The fraction of sp³-hybridized carbons (Fsp3) is 0.167. The molecule has 0 aliphatic heterocycles. The third-order valence-corrected chi connectivity index (χ3v) is 3.71. The predicted molar refractivity (Wildman–Crippen MR) is 91.9 cm³/mol. The van der Waals surface area contributed by atoms with Crippen molar-refractivity contribution in [2.75, 3.05) is 6.54 Å². The summed E-state index contributed by atoms with van der Waals surface area (Å²) >= 11 is 5.94. The number of nitrogens with one attached hydrogen (secondary N) is 1. The van der Waals surface area contributed by atoms with Crippen LogP contribution in [-0.2, 0) is 6.42 Å². The summed E-state index contributed by atoms with van der Waals surface area (Å²) in [5.41, 5.74) is 1.72. The van der Waals surface area contributed by atoms with Crippen LogP contribution in [-0.4, -0.2) is 22.6 Å². The molecule has 3 aromatic rings. The average Bonchev–Trinajstić information content (AvgIpc) is 3.03. The Morgan fingerprint density at radius 3 is 2.88 bits per heavy atom. The maximum Gasteiger partial charge on any atom is 0.251 e. The van der Waals surface area contributed by atoms with Crippen LogP contribution in [0.2, 0.25) is 5.02 Å². The minimum absolute atomic E-state index is 0.280. The van der Waals surface area contributed by atoms with Gasteiger partial charge in [0.25, 0.3) is 5.91 Å². The van der Waals surface area contributed by atoms with Gasteiger partial charge in [0.15, 0.2) is 0 Å². The molecular weight excluding hydrogens is 345 g/mol. The Kier molecular flexibility index (Phi) is 5.09. The van der Waals surface area contributed by atoms with Gasteiger partial charge < -0.3 is 9.84 Å². The summed E-state index contributed by atoms with van der Waals surface area (Å²) < 4.78 is 18.5. The third kappa shape index (κ3) is 4.42. The van der Waals surface area contributed by atoms with Crippen molar-refractivity contribution in [1.29, 1.82) is 0 Å². The van der Waals surface area contributed by atoms with E-state index in [0.717, 1.165) is 5.56 Å². The van der Waals surface area contributed by atoms with Gasteiger partial charge in [0.05, 0.1) is 0 Å². The Hall–Kier alpha value is -2.73. The number of aromatic nitrogens is 2. The van der Waals surface area contributed by atoms with Crippen LogP contribution in [0.1, 0.15) is 21.8 Å². The first-order valence-electron chi connectivity index (χ1n) is 7.65. The molecule has 3 rings (SSSR count). The average molecular weight is 360 g/mol. The molecule has 0 atom stereocenters. The molecule has 1 amide bonds. The Morgan fingerprint density at radius 2 is 2.12 bits per heavy atom. The molecule has 1 heterocycles. The van der Waals surface area contributed by atoms with Crippen molar-refractivity contribution in [2.24, 2.45) is 0 Å². The van der Waals surface area contributed by atoms with E-state index in [4.69, 9.17) is 16.1 Å². The van der Waals surface area contributed by atoms with Crippen LogP contribution in [0.25, 0.3) is 11.4 Å². The minimum Gasteiger partial charge on any atom is -0.352 e. The number of amides is 1. The summed E-state index contributed by atoms with van der Waals surface area (Å²) in [5.74, 6) is 0.0423. The molecule has 0 saturated heterocycles. The van der Waals surface area contributed by atoms with Crippen LogP contribution in [0, 0.1) is 12.7 Å². The lowest BCUT2D eigenvalue weighted by Crippen LogP contribution is -2.26. The van der Waals surface area contributed by atoms with Crippen molar-refractivity contribution in [1.82, 2.24) is 15.5 Å². The molecule has 0 spiro atoms. The number of carbonyl (C=O) groups excluding carboxylic acids is 1. The number of rotatable bonds is 5. The highest BCUT2D eigenvalue weighted by Crippen LogP contribution is 2.19. The number of hydrogen-bond acceptors (Lipinski definition) is 4. The summed E-state index contributed by atoms with van der Waals surface area (Å²) in [6, 6.07) is 11.3. The maximum atomic E-state index is 13.3. The third-order valence-electron chi connectivity index (χ3n) is 3.48. The molecule has 128 valence electrons. The molecule has 1 N–H and O–H groups in total. The van der Waals surface area contributed by atoms with E-state index in [0.29, 0.717) is 35.3 Å². The number of carbonyl (C=O) groups is 1. The van der Waals surface area contributed by atoms with Gasteiger partial charge in [0.2, 0.25) is 11.7 Å². The van der Waals surface area contributed by atoms with Crippen molar-refractivity contribution >= 4 is 17.5 Å². The number of aryl methyl sites for hydroxylation is 1. The molecule has 0 fully saturated rings. The Balaban J connectivity index is 1.58. The number of halogens is 2. The van der Waals surface area contributed by atoms with Crippen LogP contribution in [0.4, 0.5) is 4.39 Å². The second kappa shape index (κ2) is 7.44. The van der Waals surface area contributed by atoms with Crippen LogP contribution in [0.3, 0.4) is 0 Å². The molecule has 0 saturated carbocycles. The summed E-state index contributed by atoms with van der Waals surface area (Å²) in [4.78, 5) is 16.3. The van der Waals surface area contributed by atoms with E-state index in [1.54, 1.807) is 31.2 Å². The molecule has 25 heavy (non-hydrogen) atoms. The molecule has 5 nitrogen and oxygen atoms in total. The summed E-state index contributed by atoms with van der Waals surface area (Å²) in [6.07, 6.45) is 0.369. The van der Waals surface area contributed by atoms with Crippen molar-refractivity contribution in [2.45, 2.75) is 13.3 Å². The number of nitrogens with zero attached hydrogens (tertiary/aromatic N) is 2. The first kappa shape index (κ1) is 17.1. The Morgan fingerprint density at radius 1 is 1.28 bits per heavy atom. The van der Waals surface area contributed by atoms with Crippen LogP contribution >= 0.6 is 11.6 Å². The lowest BCUT2D eigenvalue weighted by Gasteiger charge is -2.04. The molecule has 0 unspecified atom stereocenters. The van der Waals surface area contributed by atoms with Gasteiger partial charge in [-0.1, -0.05) is 28.9 Å². The largest absolute Gasteiger partial charge is 0.352 e. The van der Waals surface area contributed by atoms with Gasteiger partial charge in [-0.25, -0.2) is 4.39 Å². The van der Waals surface area contributed by atoms with Gasteiger partial charge in [-0.2, -0.15) is 4.98 Å². The van der Waals surface area contributed by atoms with E-state index in [1.165, 1.54) is 12.1 Å². The van der Waals surface area contributed by atoms with Crippen molar-refractivity contribution in [3.63, 3.8) is 0 Å². The summed E-state index contributed by atoms with van der Waals surface area (Å²) in [7, 11) is 0. The fourth-order valence-electron chi connectivity index (χ4n) is 2.35. The molecule has 0 radical (unpaired) electrons. The molecule has 0 bridgehead atoms. The van der Waals surface area contributed by atoms with E-state index < -0.39 is 5.82 Å². The van der Waals surface area contributed by atoms with Crippen molar-refractivity contribution < 1.29 is 13.7 Å². The second-order valence-corrected chi connectivity index (χ2v) is 5.98.